The number of alkyl halides is 2. The maximum Gasteiger partial charge on any atom is 0.343 e. The second kappa shape index (κ2) is 8.53. The molecule has 0 aromatic rings. The van der Waals surface area contributed by atoms with Crippen LogP contribution in [0.1, 0.15) is 32.1 Å². The molecular formula is C11H19Cl2N3O2. The van der Waals surface area contributed by atoms with Gasteiger partial charge in [0.1, 0.15) is 0 Å². The predicted molar refractivity (Wildman–Crippen MR) is 72.9 cm³/mol. The van der Waals surface area contributed by atoms with Crippen LogP contribution in [0.15, 0.2) is 5.29 Å². The first kappa shape index (κ1) is 15.5. The van der Waals surface area contributed by atoms with Crippen LogP contribution in [0.2, 0.25) is 0 Å². The van der Waals surface area contributed by atoms with Gasteiger partial charge in [-0.2, -0.15) is 5.01 Å². The molecule has 0 spiro atoms. The highest BCUT2D eigenvalue weighted by Gasteiger charge is 2.28. The lowest BCUT2D eigenvalue weighted by Crippen LogP contribution is -2.48. The summed E-state index contributed by atoms with van der Waals surface area (Å²) in [5, 5.41) is 3.62. The molecule has 0 aromatic carbocycles. The van der Waals surface area contributed by atoms with E-state index >= 15 is 0 Å². The summed E-state index contributed by atoms with van der Waals surface area (Å²) < 4.78 is 0. The highest BCUT2D eigenvalue weighted by molar-refractivity contribution is 6.18. The average Bonchev–Trinajstić information content (AvgIpc) is 2.42. The number of nitrogens with zero attached hydrogens (tertiary/aromatic N) is 3. The highest BCUT2D eigenvalue weighted by Crippen LogP contribution is 2.23. The number of carbonyl (C=O) groups is 1. The Morgan fingerprint density at radius 2 is 1.72 bits per heavy atom. The number of hydrogen-bond acceptors (Lipinski definition) is 3. The molecule has 1 rings (SSSR count). The first-order chi connectivity index (χ1) is 8.74. The van der Waals surface area contributed by atoms with Crippen LogP contribution in [-0.4, -0.2) is 46.8 Å². The number of hydrogen-bond donors (Lipinski definition) is 0. The monoisotopic (exact) mass is 295 g/mol. The van der Waals surface area contributed by atoms with Gasteiger partial charge in [-0.25, -0.2) is 4.79 Å². The van der Waals surface area contributed by atoms with E-state index < -0.39 is 0 Å². The topological polar surface area (TPSA) is 53.0 Å². The Labute approximate surface area is 117 Å². The van der Waals surface area contributed by atoms with Gasteiger partial charge < -0.3 is 4.90 Å². The van der Waals surface area contributed by atoms with Gasteiger partial charge in [0.05, 0.1) is 11.8 Å². The summed E-state index contributed by atoms with van der Waals surface area (Å²) in [6.07, 6.45) is 5.37. The Hall–Kier alpha value is -0.550. The Balaban J connectivity index is 2.68. The molecule has 0 bridgehead atoms. The molecular weight excluding hydrogens is 277 g/mol. The van der Waals surface area contributed by atoms with Gasteiger partial charge in [-0.05, 0) is 12.8 Å². The molecule has 1 aliphatic rings. The summed E-state index contributed by atoms with van der Waals surface area (Å²) in [6.45, 7) is 0.578. The Morgan fingerprint density at radius 3 is 2.22 bits per heavy atom. The SMILES string of the molecule is O=NN(CCCl)C(=O)N(CCCl)C1CCCCC1. The molecule has 0 saturated heterocycles. The molecule has 7 heteroatoms. The van der Waals surface area contributed by atoms with Gasteiger partial charge >= 0.3 is 6.03 Å². The van der Waals surface area contributed by atoms with Crippen LogP contribution < -0.4 is 0 Å². The first-order valence-corrected chi connectivity index (χ1v) is 7.34. The molecule has 0 unspecified atom stereocenters. The number of amides is 2. The summed E-state index contributed by atoms with van der Waals surface area (Å²) in [4.78, 5) is 24.5. The number of carbonyl (C=O) groups excluding carboxylic acids is 1. The van der Waals surface area contributed by atoms with Crippen molar-refractivity contribution in [2.45, 2.75) is 38.1 Å². The zero-order valence-corrected chi connectivity index (χ0v) is 11.9. The standard InChI is InChI=1S/C11H19Cl2N3O2/c12-6-8-15(10-4-2-1-3-5-10)11(17)16(14-18)9-7-13/h10H,1-9H2. The van der Waals surface area contributed by atoms with E-state index in [-0.39, 0.29) is 24.5 Å². The molecule has 1 aliphatic carbocycles. The second-order valence-electron chi connectivity index (χ2n) is 4.35. The maximum atomic E-state index is 12.2. The van der Waals surface area contributed by atoms with Crippen molar-refractivity contribution >= 4 is 29.2 Å². The maximum absolute atomic E-state index is 12.2. The van der Waals surface area contributed by atoms with Crippen LogP contribution in [0.4, 0.5) is 4.79 Å². The quantitative estimate of drug-likeness (QED) is 0.429. The van der Waals surface area contributed by atoms with Gasteiger partial charge in [-0.3, -0.25) is 0 Å². The fourth-order valence-corrected chi connectivity index (χ4v) is 2.66. The van der Waals surface area contributed by atoms with Crippen molar-refractivity contribution in [3.05, 3.63) is 4.91 Å². The first-order valence-electron chi connectivity index (χ1n) is 6.28. The van der Waals surface area contributed by atoms with E-state index in [1.165, 1.54) is 6.42 Å². The summed E-state index contributed by atoms with van der Waals surface area (Å²) >= 11 is 11.3. The third-order valence-electron chi connectivity index (χ3n) is 3.20. The van der Waals surface area contributed by atoms with Crippen molar-refractivity contribution in [3.63, 3.8) is 0 Å². The normalized spacial score (nSPS) is 16.3. The van der Waals surface area contributed by atoms with Gasteiger partial charge in [0.15, 0.2) is 0 Å². The van der Waals surface area contributed by atoms with Crippen LogP contribution in [0.3, 0.4) is 0 Å². The molecule has 18 heavy (non-hydrogen) atoms. The number of rotatable bonds is 6. The Kier molecular flexibility index (Phi) is 7.35. The molecule has 0 N–H and O–H groups in total. The van der Waals surface area contributed by atoms with Crippen molar-refractivity contribution in [2.24, 2.45) is 5.29 Å². The van der Waals surface area contributed by atoms with Crippen LogP contribution in [0.5, 0.6) is 0 Å². The van der Waals surface area contributed by atoms with E-state index in [0.717, 1.165) is 30.7 Å². The summed E-state index contributed by atoms with van der Waals surface area (Å²) in [5.74, 6) is 0.548. The summed E-state index contributed by atoms with van der Waals surface area (Å²) in [6, 6.07) is -0.206. The van der Waals surface area contributed by atoms with E-state index in [1.54, 1.807) is 4.90 Å². The zero-order chi connectivity index (χ0) is 13.4. The minimum Gasteiger partial charge on any atom is -0.319 e. The minimum absolute atomic E-state index is 0.134. The molecule has 0 aliphatic heterocycles. The molecule has 0 aromatic heterocycles. The summed E-state index contributed by atoms with van der Waals surface area (Å²) in [7, 11) is 0. The van der Waals surface area contributed by atoms with E-state index in [2.05, 4.69) is 5.29 Å². The van der Waals surface area contributed by atoms with Gasteiger partial charge in [0, 0.05) is 24.3 Å². The van der Waals surface area contributed by atoms with Gasteiger partial charge in [0.2, 0.25) is 0 Å². The fraction of sp³-hybridized carbons (Fsp3) is 0.909. The largest absolute Gasteiger partial charge is 0.343 e. The lowest BCUT2D eigenvalue weighted by atomic mass is 9.94. The third-order valence-corrected chi connectivity index (χ3v) is 3.54. The molecule has 0 atom stereocenters. The van der Waals surface area contributed by atoms with Gasteiger partial charge in [-0.1, -0.05) is 19.3 Å². The number of nitroso groups, excluding NO2 is 1. The van der Waals surface area contributed by atoms with E-state index in [0.29, 0.717) is 12.4 Å². The van der Waals surface area contributed by atoms with Crippen LogP contribution in [-0.2, 0) is 0 Å². The smallest absolute Gasteiger partial charge is 0.319 e. The molecule has 1 fully saturated rings. The van der Waals surface area contributed by atoms with Gasteiger partial charge in [-0.15, -0.1) is 28.1 Å². The van der Waals surface area contributed by atoms with Crippen LogP contribution in [0, 0.1) is 4.91 Å². The number of urea groups is 1. The van der Waals surface area contributed by atoms with Crippen molar-refractivity contribution in [1.82, 2.24) is 9.91 Å². The Bertz CT molecular complexity index is 273. The second-order valence-corrected chi connectivity index (χ2v) is 5.11. The minimum atomic E-state index is -0.377. The molecule has 2 amide bonds. The van der Waals surface area contributed by atoms with Gasteiger partial charge in [0.25, 0.3) is 0 Å². The van der Waals surface area contributed by atoms with Crippen molar-refractivity contribution in [1.29, 1.82) is 0 Å². The van der Waals surface area contributed by atoms with E-state index in [4.69, 9.17) is 23.2 Å². The van der Waals surface area contributed by atoms with Crippen molar-refractivity contribution in [3.8, 4) is 0 Å². The average molecular weight is 296 g/mol. The fourth-order valence-electron chi connectivity index (χ4n) is 2.32. The van der Waals surface area contributed by atoms with E-state index in [9.17, 15) is 9.70 Å². The molecule has 104 valence electrons. The lowest BCUT2D eigenvalue weighted by Gasteiger charge is -2.35. The van der Waals surface area contributed by atoms with Crippen LogP contribution >= 0.6 is 23.2 Å². The molecule has 5 nitrogen and oxygen atoms in total. The zero-order valence-electron chi connectivity index (χ0n) is 10.4. The molecule has 0 radical (unpaired) electrons. The molecule has 0 heterocycles. The highest BCUT2D eigenvalue weighted by atomic mass is 35.5. The summed E-state index contributed by atoms with van der Waals surface area (Å²) in [5.41, 5.74) is 0. The predicted octanol–water partition coefficient (Wildman–Crippen LogP) is 3.20. The Morgan fingerprint density at radius 1 is 1.11 bits per heavy atom. The third kappa shape index (κ3) is 4.28. The van der Waals surface area contributed by atoms with Crippen LogP contribution in [0.25, 0.3) is 0 Å². The van der Waals surface area contributed by atoms with Crippen molar-refractivity contribution in [2.75, 3.05) is 24.8 Å². The molecule has 1 saturated carbocycles. The number of halogens is 2. The van der Waals surface area contributed by atoms with E-state index in [1.807, 2.05) is 0 Å². The lowest BCUT2D eigenvalue weighted by molar-refractivity contribution is 0.126. The van der Waals surface area contributed by atoms with Crippen molar-refractivity contribution < 1.29 is 4.79 Å².